The molecule has 1 unspecified atom stereocenters. The van der Waals surface area contributed by atoms with E-state index < -0.39 is 11.8 Å². The van der Waals surface area contributed by atoms with Gasteiger partial charge in [-0.05, 0) is 52.5 Å². The maximum Gasteiger partial charge on any atom is 0.528 e. The van der Waals surface area contributed by atoms with Gasteiger partial charge in [0.25, 0.3) is 0 Å². The third kappa shape index (κ3) is 5.10. The van der Waals surface area contributed by atoms with Gasteiger partial charge >= 0.3 is 6.16 Å². The number of rotatable bonds is 4. The van der Waals surface area contributed by atoms with Gasteiger partial charge in [0.15, 0.2) is 0 Å². The lowest BCUT2D eigenvalue weighted by Crippen LogP contribution is -2.48. The zero-order chi connectivity index (χ0) is 18.7. The van der Waals surface area contributed by atoms with E-state index in [9.17, 15) is 9.59 Å². The number of nitrogens with zero attached hydrogens (tertiary/aromatic N) is 2. The maximum atomic E-state index is 12.3. The number of hydrogen-bond acceptors (Lipinski definition) is 6. The molecule has 2 saturated heterocycles. The summed E-state index contributed by atoms with van der Waals surface area (Å²) >= 11 is 0. The Bertz CT molecular complexity index is 511. The first-order chi connectivity index (χ1) is 12.3. The molecule has 0 aromatic rings. The monoisotopic (exact) mass is 367 g/mol. The molecule has 0 aromatic carbocycles. The molecule has 0 bridgehead atoms. The number of ether oxygens (including phenoxy) is 1. The summed E-state index contributed by atoms with van der Waals surface area (Å²) in [6.45, 7) is 9.41. The van der Waals surface area contributed by atoms with Gasteiger partial charge in [0.1, 0.15) is 5.60 Å². The van der Waals surface area contributed by atoms with Crippen LogP contribution in [0.2, 0.25) is 0 Å². The minimum atomic E-state index is -0.642. The molecule has 1 saturated carbocycles. The van der Waals surface area contributed by atoms with E-state index in [0.717, 1.165) is 32.5 Å². The van der Waals surface area contributed by atoms with Gasteiger partial charge in [-0.3, -0.25) is 4.79 Å². The quantitative estimate of drug-likeness (QED) is 0.768. The summed E-state index contributed by atoms with van der Waals surface area (Å²) in [6.07, 6.45) is 5.12. The van der Waals surface area contributed by atoms with Gasteiger partial charge < -0.3 is 19.8 Å². The van der Waals surface area contributed by atoms with Gasteiger partial charge in [0.05, 0.1) is 0 Å². The molecule has 0 aromatic heterocycles. The number of amides is 1. The molecule has 1 amide bonds. The number of carbonyl (C=O) groups is 2. The van der Waals surface area contributed by atoms with Crippen molar-refractivity contribution in [1.29, 1.82) is 0 Å². The Labute approximate surface area is 156 Å². The van der Waals surface area contributed by atoms with Gasteiger partial charge in [0, 0.05) is 38.1 Å². The Morgan fingerprint density at radius 3 is 2.54 bits per heavy atom. The molecule has 2 aliphatic heterocycles. The highest BCUT2D eigenvalue weighted by atomic mass is 16.8. The number of fused-ring (bicyclic) bond motifs is 1. The van der Waals surface area contributed by atoms with Crippen molar-refractivity contribution in [3.05, 3.63) is 0 Å². The average molecular weight is 367 g/mol. The lowest BCUT2D eigenvalue weighted by Gasteiger charge is -2.34. The predicted molar refractivity (Wildman–Crippen MR) is 97.3 cm³/mol. The normalized spacial score (nSPS) is 30.6. The third-order valence-electron chi connectivity index (χ3n) is 5.68. The Morgan fingerprint density at radius 1 is 1.15 bits per heavy atom. The molecule has 0 radical (unpaired) electrons. The highest BCUT2D eigenvalue weighted by molar-refractivity contribution is 5.81. The number of hydroxylamine groups is 2. The summed E-state index contributed by atoms with van der Waals surface area (Å²) < 4.78 is 5.18. The maximum absolute atomic E-state index is 12.3. The van der Waals surface area contributed by atoms with Crippen molar-refractivity contribution in [2.45, 2.75) is 64.5 Å². The van der Waals surface area contributed by atoms with E-state index in [1.807, 2.05) is 20.8 Å². The molecule has 148 valence electrons. The molecule has 7 nitrogen and oxygen atoms in total. The molecule has 2 heterocycles. The largest absolute Gasteiger partial charge is 0.528 e. The fourth-order valence-electron chi connectivity index (χ4n) is 4.39. The molecule has 0 spiro atoms. The van der Waals surface area contributed by atoms with Crippen LogP contribution in [0.15, 0.2) is 0 Å². The minimum absolute atomic E-state index is 0.177. The first kappa shape index (κ1) is 19.4. The van der Waals surface area contributed by atoms with Gasteiger partial charge in [-0.15, -0.1) is 5.06 Å². The van der Waals surface area contributed by atoms with Crippen molar-refractivity contribution in [3.63, 3.8) is 0 Å². The van der Waals surface area contributed by atoms with Crippen LogP contribution in [0, 0.1) is 11.8 Å². The zero-order valence-electron chi connectivity index (χ0n) is 16.3. The van der Waals surface area contributed by atoms with E-state index in [1.54, 1.807) is 5.06 Å². The van der Waals surface area contributed by atoms with E-state index in [0.29, 0.717) is 25.0 Å². The predicted octanol–water partition coefficient (Wildman–Crippen LogP) is 2.17. The highest BCUT2D eigenvalue weighted by Crippen LogP contribution is 2.37. The van der Waals surface area contributed by atoms with Crippen molar-refractivity contribution in [3.8, 4) is 0 Å². The summed E-state index contributed by atoms with van der Waals surface area (Å²) in [6, 6.07) is 0.417. The minimum Gasteiger partial charge on any atom is -0.427 e. The van der Waals surface area contributed by atoms with Crippen molar-refractivity contribution < 1.29 is 19.2 Å². The summed E-state index contributed by atoms with van der Waals surface area (Å²) in [4.78, 5) is 31.6. The van der Waals surface area contributed by atoms with Gasteiger partial charge in [-0.2, -0.15) is 0 Å². The Balaban J connectivity index is 1.38. The van der Waals surface area contributed by atoms with Crippen LogP contribution in [0.5, 0.6) is 0 Å². The van der Waals surface area contributed by atoms with Crippen molar-refractivity contribution in [2.24, 2.45) is 11.8 Å². The van der Waals surface area contributed by atoms with E-state index in [-0.39, 0.29) is 11.8 Å². The highest BCUT2D eigenvalue weighted by Gasteiger charge is 2.42. The SMILES string of the molecule is CC(C)(C)OC(=O)ON1CCN(CCC2C(=O)N[C@@H]3CCCC[C@@H]23)CC1. The van der Waals surface area contributed by atoms with E-state index in [4.69, 9.17) is 9.57 Å². The lowest BCUT2D eigenvalue weighted by molar-refractivity contribution is -0.158. The average Bonchev–Trinajstić information content (AvgIpc) is 2.88. The number of hydrogen-bond donors (Lipinski definition) is 1. The molecule has 3 atom stereocenters. The molecule has 7 heteroatoms. The first-order valence-corrected chi connectivity index (χ1v) is 10.0. The van der Waals surface area contributed by atoms with Crippen molar-refractivity contribution in [1.82, 2.24) is 15.3 Å². The molecule has 1 N–H and O–H groups in total. The summed E-state index contributed by atoms with van der Waals surface area (Å²) in [5.74, 6) is 0.971. The van der Waals surface area contributed by atoms with Crippen LogP contribution < -0.4 is 5.32 Å². The number of nitrogens with one attached hydrogen (secondary N) is 1. The zero-order valence-corrected chi connectivity index (χ0v) is 16.3. The molecule has 3 aliphatic rings. The lowest BCUT2D eigenvalue weighted by atomic mass is 9.78. The molecule has 3 fully saturated rings. The second-order valence-corrected chi connectivity index (χ2v) is 8.78. The van der Waals surface area contributed by atoms with Crippen LogP contribution in [-0.2, 0) is 14.4 Å². The van der Waals surface area contributed by atoms with E-state index in [1.165, 1.54) is 19.3 Å². The standard InChI is InChI=1S/C19H33N3O4/c1-19(2,3)25-18(24)26-22-12-10-21(11-13-22)9-8-15-14-6-4-5-7-16(14)20-17(15)23/h14-16H,4-13H2,1-3H3,(H,20,23)/t14-,15?,16+/m0/s1. The fourth-order valence-corrected chi connectivity index (χ4v) is 4.39. The van der Waals surface area contributed by atoms with Crippen LogP contribution in [0.1, 0.15) is 52.9 Å². The molecular weight excluding hydrogens is 334 g/mol. The fraction of sp³-hybridized carbons (Fsp3) is 0.895. The topological polar surface area (TPSA) is 71.1 Å². The van der Waals surface area contributed by atoms with Gasteiger partial charge in [0.2, 0.25) is 5.91 Å². The summed E-state index contributed by atoms with van der Waals surface area (Å²) in [5.41, 5.74) is -0.544. The second kappa shape index (κ2) is 8.13. The molecule has 3 rings (SSSR count). The molecule has 26 heavy (non-hydrogen) atoms. The van der Waals surface area contributed by atoms with Gasteiger partial charge in [-0.25, -0.2) is 4.79 Å². The van der Waals surface area contributed by atoms with E-state index >= 15 is 0 Å². The Hall–Kier alpha value is -1.34. The number of piperazine rings is 1. The summed E-state index contributed by atoms with van der Waals surface area (Å²) in [7, 11) is 0. The molecule has 1 aliphatic carbocycles. The Kier molecular flexibility index (Phi) is 6.07. The number of carbonyl (C=O) groups excluding carboxylic acids is 2. The smallest absolute Gasteiger partial charge is 0.427 e. The van der Waals surface area contributed by atoms with Crippen molar-refractivity contribution >= 4 is 12.1 Å². The van der Waals surface area contributed by atoms with Crippen molar-refractivity contribution in [2.75, 3.05) is 32.7 Å². The third-order valence-corrected chi connectivity index (χ3v) is 5.68. The van der Waals surface area contributed by atoms with Gasteiger partial charge in [-0.1, -0.05) is 12.8 Å². The van der Waals surface area contributed by atoms with Crippen LogP contribution in [-0.4, -0.2) is 66.4 Å². The second-order valence-electron chi connectivity index (χ2n) is 8.78. The van der Waals surface area contributed by atoms with Crippen LogP contribution in [0.3, 0.4) is 0 Å². The first-order valence-electron chi connectivity index (χ1n) is 10.0. The van der Waals surface area contributed by atoms with E-state index in [2.05, 4.69) is 10.2 Å². The molecular formula is C19H33N3O4. The van der Waals surface area contributed by atoms with Crippen LogP contribution >= 0.6 is 0 Å². The van der Waals surface area contributed by atoms with Crippen LogP contribution in [0.25, 0.3) is 0 Å². The summed E-state index contributed by atoms with van der Waals surface area (Å²) in [5, 5.41) is 4.87. The Morgan fingerprint density at radius 2 is 1.85 bits per heavy atom. The van der Waals surface area contributed by atoms with Crippen LogP contribution in [0.4, 0.5) is 4.79 Å².